The number of amides is 2. The molecule has 0 unspecified atom stereocenters. The van der Waals surface area contributed by atoms with Crippen LogP contribution in [0, 0.1) is 6.92 Å². The highest BCUT2D eigenvalue weighted by Gasteiger charge is 2.22. The van der Waals surface area contributed by atoms with Gasteiger partial charge in [0.05, 0.1) is 0 Å². The highest BCUT2D eigenvalue weighted by atomic mass is 16.4. The Bertz CT molecular complexity index is 1360. The first-order chi connectivity index (χ1) is 15.5. The predicted octanol–water partition coefficient (Wildman–Crippen LogP) is 4.35. The van der Waals surface area contributed by atoms with Crippen LogP contribution in [0.25, 0.3) is 33.4 Å². The number of pyridine rings is 2. The highest BCUT2D eigenvalue weighted by Crippen LogP contribution is 2.34. The lowest BCUT2D eigenvalue weighted by Gasteiger charge is -2.18. The Kier molecular flexibility index (Phi) is 4.93. The fraction of sp³-hybridized carbons (Fsp3) is 0.200. The molecule has 160 valence electrons. The molecule has 5 rings (SSSR count). The van der Waals surface area contributed by atoms with Crippen LogP contribution in [0.15, 0.2) is 59.4 Å². The zero-order valence-corrected chi connectivity index (χ0v) is 17.9. The van der Waals surface area contributed by atoms with Gasteiger partial charge in [0.25, 0.3) is 5.91 Å². The first kappa shape index (κ1) is 19.9. The first-order valence-electron chi connectivity index (χ1n) is 10.5. The number of anilines is 1. The summed E-state index contributed by atoms with van der Waals surface area (Å²) in [6.07, 6.45) is 6.80. The van der Waals surface area contributed by atoms with Crippen LogP contribution in [0.1, 0.15) is 29.0 Å². The summed E-state index contributed by atoms with van der Waals surface area (Å²) >= 11 is 0. The molecule has 4 heterocycles. The molecule has 0 radical (unpaired) electrons. The van der Waals surface area contributed by atoms with Crippen molar-refractivity contribution in [2.45, 2.75) is 19.8 Å². The SMILES string of the molecule is CNC(=O)c1cc2c(-c3cncc(-c4ccc(N5CCCC5=O)cc4C)c3)ccnc2o1. The molecule has 1 saturated heterocycles. The molecule has 7 nitrogen and oxygen atoms in total. The van der Waals surface area contributed by atoms with Crippen molar-refractivity contribution in [3.8, 4) is 22.3 Å². The van der Waals surface area contributed by atoms with E-state index in [9.17, 15) is 9.59 Å². The van der Waals surface area contributed by atoms with Crippen molar-refractivity contribution in [3.63, 3.8) is 0 Å². The Balaban J connectivity index is 1.54. The van der Waals surface area contributed by atoms with Gasteiger partial charge in [-0.05, 0) is 60.4 Å². The van der Waals surface area contributed by atoms with Crippen molar-refractivity contribution < 1.29 is 14.0 Å². The Morgan fingerprint density at radius 3 is 2.62 bits per heavy atom. The zero-order chi connectivity index (χ0) is 22.2. The number of nitrogens with one attached hydrogen (secondary N) is 1. The molecular weight excluding hydrogens is 404 g/mol. The molecule has 0 saturated carbocycles. The normalized spacial score (nSPS) is 13.7. The number of rotatable bonds is 4. The second-order valence-electron chi connectivity index (χ2n) is 7.88. The molecule has 0 aliphatic carbocycles. The number of benzene rings is 1. The van der Waals surface area contributed by atoms with Crippen LogP contribution in [-0.2, 0) is 4.79 Å². The van der Waals surface area contributed by atoms with E-state index in [0.717, 1.165) is 51.9 Å². The molecule has 0 spiro atoms. The topological polar surface area (TPSA) is 88.3 Å². The van der Waals surface area contributed by atoms with Crippen molar-refractivity contribution in [1.29, 1.82) is 0 Å². The van der Waals surface area contributed by atoms with E-state index < -0.39 is 0 Å². The molecule has 32 heavy (non-hydrogen) atoms. The molecule has 7 heteroatoms. The average molecular weight is 426 g/mol. The molecule has 2 amide bonds. The van der Waals surface area contributed by atoms with Crippen LogP contribution in [0.5, 0.6) is 0 Å². The maximum absolute atomic E-state index is 12.1. The summed E-state index contributed by atoms with van der Waals surface area (Å²) in [5.74, 6) is 0.0984. The second kappa shape index (κ2) is 7.92. The van der Waals surface area contributed by atoms with E-state index in [1.165, 1.54) is 0 Å². The summed E-state index contributed by atoms with van der Waals surface area (Å²) in [5.41, 5.74) is 6.23. The van der Waals surface area contributed by atoms with Crippen molar-refractivity contribution in [3.05, 3.63) is 66.3 Å². The van der Waals surface area contributed by atoms with E-state index >= 15 is 0 Å². The molecule has 0 atom stereocenters. The molecule has 1 N–H and O–H groups in total. The average Bonchev–Trinajstić information content (AvgIpc) is 3.44. The summed E-state index contributed by atoms with van der Waals surface area (Å²) < 4.78 is 5.61. The van der Waals surface area contributed by atoms with Crippen molar-refractivity contribution in [2.75, 3.05) is 18.5 Å². The van der Waals surface area contributed by atoms with Gasteiger partial charge in [0, 0.05) is 60.8 Å². The molecule has 4 aromatic rings. The van der Waals surface area contributed by atoms with Gasteiger partial charge in [0.2, 0.25) is 11.6 Å². The van der Waals surface area contributed by atoms with E-state index in [2.05, 4.69) is 27.4 Å². The fourth-order valence-corrected chi connectivity index (χ4v) is 4.22. The summed E-state index contributed by atoms with van der Waals surface area (Å²) in [7, 11) is 1.56. The Morgan fingerprint density at radius 2 is 1.91 bits per heavy atom. The van der Waals surface area contributed by atoms with Gasteiger partial charge in [-0.2, -0.15) is 0 Å². The quantitative estimate of drug-likeness (QED) is 0.524. The number of carbonyl (C=O) groups is 2. The Hall–Kier alpha value is -4.00. The van der Waals surface area contributed by atoms with Crippen LogP contribution in [-0.4, -0.2) is 35.4 Å². The van der Waals surface area contributed by atoms with Gasteiger partial charge < -0.3 is 14.6 Å². The molecule has 1 aliphatic heterocycles. The summed E-state index contributed by atoms with van der Waals surface area (Å²) in [4.78, 5) is 34.6. The van der Waals surface area contributed by atoms with E-state index in [1.54, 1.807) is 25.5 Å². The number of hydrogen-bond donors (Lipinski definition) is 1. The number of hydrogen-bond acceptors (Lipinski definition) is 5. The van der Waals surface area contributed by atoms with E-state index in [0.29, 0.717) is 12.1 Å². The number of furan rings is 1. The third-order valence-electron chi connectivity index (χ3n) is 5.84. The van der Waals surface area contributed by atoms with Gasteiger partial charge in [-0.15, -0.1) is 0 Å². The number of aryl methyl sites for hydroxylation is 1. The largest absolute Gasteiger partial charge is 0.433 e. The van der Waals surface area contributed by atoms with Gasteiger partial charge in [0.15, 0.2) is 5.76 Å². The van der Waals surface area contributed by atoms with Gasteiger partial charge in [-0.25, -0.2) is 4.98 Å². The molecule has 1 aromatic carbocycles. The maximum Gasteiger partial charge on any atom is 0.286 e. The zero-order valence-electron chi connectivity index (χ0n) is 17.9. The number of aromatic nitrogens is 2. The van der Waals surface area contributed by atoms with Crippen LogP contribution in [0.2, 0.25) is 0 Å². The van der Waals surface area contributed by atoms with Crippen LogP contribution in [0.4, 0.5) is 5.69 Å². The van der Waals surface area contributed by atoms with Gasteiger partial charge in [-0.1, -0.05) is 6.07 Å². The summed E-state index contributed by atoms with van der Waals surface area (Å²) in [5, 5.41) is 3.32. The smallest absolute Gasteiger partial charge is 0.286 e. The minimum atomic E-state index is -0.298. The minimum absolute atomic E-state index is 0.179. The van der Waals surface area contributed by atoms with Gasteiger partial charge >= 0.3 is 0 Å². The first-order valence-corrected chi connectivity index (χ1v) is 10.5. The number of fused-ring (bicyclic) bond motifs is 1. The molecule has 1 aliphatic rings. The summed E-state index contributed by atoms with van der Waals surface area (Å²) in [6.45, 7) is 2.82. The number of carbonyl (C=O) groups excluding carboxylic acids is 2. The molecule has 0 bridgehead atoms. The van der Waals surface area contributed by atoms with Crippen molar-refractivity contribution in [1.82, 2.24) is 15.3 Å². The molecule has 3 aromatic heterocycles. The monoisotopic (exact) mass is 426 g/mol. The van der Waals surface area contributed by atoms with Gasteiger partial charge in [-0.3, -0.25) is 14.6 Å². The molecule has 1 fully saturated rings. The van der Waals surface area contributed by atoms with E-state index in [4.69, 9.17) is 4.42 Å². The van der Waals surface area contributed by atoms with Crippen LogP contribution in [0.3, 0.4) is 0 Å². The van der Waals surface area contributed by atoms with E-state index in [-0.39, 0.29) is 17.6 Å². The van der Waals surface area contributed by atoms with Crippen LogP contribution < -0.4 is 10.2 Å². The third-order valence-corrected chi connectivity index (χ3v) is 5.84. The van der Waals surface area contributed by atoms with E-state index in [1.807, 2.05) is 36.2 Å². The lowest BCUT2D eigenvalue weighted by Crippen LogP contribution is -2.23. The minimum Gasteiger partial charge on any atom is -0.433 e. The number of nitrogens with zero attached hydrogens (tertiary/aromatic N) is 3. The Labute approximate surface area is 185 Å². The van der Waals surface area contributed by atoms with Crippen molar-refractivity contribution in [2.24, 2.45) is 0 Å². The van der Waals surface area contributed by atoms with Crippen molar-refractivity contribution >= 4 is 28.6 Å². The standard InChI is InChI=1S/C25H22N4O3/c1-15-10-18(29-9-3-4-23(29)30)5-6-19(15)16-11-17(14-27-13-16)20-7-8-28-25-21(20)12-22(32-25)24(31)26-2/h5-8,10-14H,3-4,9H2,1-2H3,(H,26,31). The van der Waals surface area contributed by atoms with Gasteiger partial charge in [0.1, 0.15) is 0 Å². The fourth-order valence-electron chi connectivity index (χ4n) is 4.22. The maximum atomic E-state index is 12.1. The summed E-state index contributed by atoms with van der Waals surface area (Å²) in [6, 6.07) is 11.8. The molecular formula is C25H22N4O3. The second-order valence-corrected chi connectivity index (χ2v) is 7.88. The lowest BCUT2D eigenvalue weighted by molar-refractivity contribution is -0.117. The highest BCUT2D eigenvalue weighted by molar-refractivity contribution is 6.00. The van der Waals surface area contributed by atoms with Crippen LogP contribution >= 0.6 is 0 Å². The third kappa shape index (κ3) is 3.41. The lowest BCUT2D eigenvalue weighted by atomic mass is 9.97. The predicted molar refractivity (Wildman–Crippen MR) is 122 cm³/mol. The Morgan fingerprint density at radius 1 is 1.09 bits per heavy atom.